The first-order valence-corrected chi connectivity index (χ1v) is 20.8. The summed E-state index contributed by atoms with van der Waals surface area (Å²) in [5.41, 5.74) is 14.4. The van der Waals surface area contributed by atoms with Crippen LogP contribution in [0.3, 0.4) is 0 Å². The zero-order valence-electron chi connectivity index (χ0n) is 33.4. The van der Waals surface area contributed by atoms with Crippen LogP contribution in [0.4, 0.5) is 34.1 Å². The van der Waals surface area contributed by atoms with Crippen LogP contribution in [0, 0.1) is 6.57 Å². The Kier molecular flexibility index (Phi) is 8.99. The fourth-order valence-electron chi connectivity index (χ4n) is 9.35. The lowest BCUT2D eigenvalue weighted by atomic mass is 9.89. The molecule has 1 heterocycles. The van der Waals surface area contributed by atoms with E-state index in [-0.39, 0.29) is 6.04 Å². The van der Waals surface area contributed by atoms with Gasteiger partial charge in [0.25, 0.3) is 0 Å². The molecular weight excluding hydrogens is 741 g/mol. The molecule has 61 heavy (non-hydrogen) atoms. The van der Waals surface area contributed by atoms with Crippen LogP contribution < -0.4 is 9.80 Å². The molecule has 0 amide bonds. The number of fused-ring (bicyclic) bond motifs is 5. The molecule has 0 saturated carbocycles. The SMILES string of the molecule is [C-]#[N+]c1ccc(N(c2ccc(-c3ccc(N(c4ccccc4)C4CC=Cc5ccccc54)c4ccccc34)cc2)c2ccc3c(c2)c2ccccc2n3-c2ccccc2)cc1. The number of aromatic nitrogens is 1. The average molecular weight is 781 g/mol. The van der Waals surface area contributed by atoms with Crippen molar-refractivity contribution >= 4 is 72.8 Å². The summed E-state index contributed by atoms with van der Waals surface area (Å²) in [6.07, 6.45) is 5.49. The van der Waals surface area contributed by atoms with Gasteiger partial charge in [-0.15, -0.1) is 0 Å². The molecule has 0 fully saturated rings. The minimum absolute atomic E-state index is 0.154. The summed E-state index contributed by atoms with van der Waals surface area (Å²) in [6.45, 7) is 7.62. The normalized spacial score (nSPS) is 13.3. The molecule has 1 unspecified atom stereocenters. The van der Waals surface area contributed by atoms with Crippen LogP contribution in [0.1, 0.15) is 23.6 Å². The number of nitrogens with zero attached hydrogens (tertiary/aromatic N) is 4. The smallest absolute Gasteiger partial charge is 0.187 e. The minimum atomic E-state index is 0.154. The maximum atomic E-state index is 7.62. The molecule has 288 valence electrons. The van der Waals surface area contributed by atoms with Crippen molar-refractivity contribution in [2.24, 2.45) is 0 Å². The summed E-state index contributed by atoms with van der Waals surface area (Å²) in [6, 6.07) is 76.0. The second-order valence-electron chi connectivity index (χ2n) is 15.6. The highest BCUT2D eigenvalue weighted by Crippen LogP contribution is 2.46. The molecule has 1 aliphatic rings. The molecule has 1 atom stereocenters. The van der Waals surface area contributed by atoms with Gasteiger partial charge in [-0.05, 0) is 113 Å². The van der Waals surface area contributed by atoms with Gasteiger partial charge in [-0.25, -0.2) is 4.85 Å². The van der Waals surface area contributed by atoms with Crippen molar-refractivity contribution in [3.8, 4) is 16.8 Å². The molecule has 0 saturated heterocycles. The van der Waals surface area contributed by atoms with Crippen molar-refractivity contribution in [3.05, 3.63) is 241 Å². The summed E-state index contributed by atoms with van der Waals surface area (Å²) < 4.78 is 2.35. The maximum absolute atomic E-state index is 7.62. The Morgan fingerprint density at radius 3 is 1.89 bits per heavy atom. The second kappa shape index (κ2) is 15.2. The fraction of sp³-hybridized carbons (Fsp3) is 0.0351. The highest BCUT2D eigenvalue weighted by atomic mass is 15.2. The molecule has 1 aliphatic carbocycles. The van der Waals surface area contributed by atoms with Crippen LogP contribution in [-0.2, 0) is 0 Å². The van der Waals surface area contributed by atoms with Gasteiger partial charge >= 0.3 is 0 Å². The summed E-state index contributed by atoms with van der Waals surface area (Å²) in [7, 11) is 0. The van der Waals surface area contributed by atoms with Gasteiger partial charge in [-0.1, -0.05) is 146 Å². The van der Waals surface area contributed by atoms with Crippen molar-refractivity contribution in [2.45, 2.75) is 12.5 Å². The van der Waals surface area contributed by atoms with E-state index in [4.69, 9.17) is 6.57 Å². The van der Waals surface area contributed by atoms with Gasteiger partial charge in [-0.3, -0.25) is 0 Å². The van der Waals surface area contributed by atoms with Gasteiger partial charge in [0.05, 0.1) is 23.6 Å². The van der Waals surface area contributed by atoms with Gasteiger partial charge in [0, 0.05) is 50.3 Å². The standard InChI is InChI=1S/C57H40N4/c1-58-42-29-33-46(34-30-42)59(47-35-37-57-53(39-47)52-24-12-13-25-55(52)61(57)44-19-6-3-7-20-44)45-31-27-41(28-32-45)48-36-38-56(51-23-11-10-22-50(48)51)60(43-17-4-2-5-18-43)54-26-14-16-40-15-8-9-21-49(40)54/h2-25,27-39,54H,26H2. The highest BCUT2D eigenvalue weighted by molar-refractivity contribution is 6.11. The Morgan fingerprint density at radius 1 is 0.492 bits per heavy atom. The Bertz CT molecular complexity index is 3280. The van der Waals surface area contributed by atoms with E-state index in [9.17, 15) is 0 Å². The highest BCUT2D eigenvalue weighted by Gasteiger charge is 2.27. The Labute approximate surface area is 355 Å². The Morgan fingerprint density at radius 2 is 1.11 bits per heavy atom. The number of hydrogen-bond acceptors (Lipinski definition) is 2. The first-order valence-electron chi connectivity index (χ1n) is 20.8. The molecule has 0 N–H and O–H groups in total. The van der Waals surface area contributed by atoms with Crippen molar-refractivity contribution in [1.29, 1.82) is 0 Å². The van der Waals surface area contributed by atoms with E-state index in [1.165, 1.54) is 55.1 Å². The first-order chi connectivity index (χ1) is 30.2. The van der Waals surface area contributed by atoms with Crippen LogP contribution in [0.2, 0.25) is 0 Å². The molecule has 4 nitrogen and oxygen atoms in total. The van der Waals surface area contributed by atoms with E-state index < -0.39 is 0 Å². The summed E-state index contributed by atoms with van der Waals surface area (Å²) in [4.78, 5) is 8.51. The fourth-order valence-corrected chi connectivity index (χ4v) is 9.35. The Hall–Kier alpha value is -8.13. The van der Waals surface area contributed by atoms with Gasteiger partial charge in [-0.2, -0.15) is 0 Å². The molecule has 11 rings (SSSR count). The van der Waals surface area contributed by atoms with Crippen molar-refractivity contribution in [2.75, 3.05) is 9.80 Å². The zero-order valence-corrected chi connectivity index (χ0v) is 33.4. The van der Waals surface area contributed by atoms with Gasteiger partial charge in [0.15, 0.2) is 5.69 Å². The van der Waals surface area contributed by atoms with Crippen LogP contribution in [0.15, 0.2) is 218 Å². The lowest BCUT2D eigenvalue weighted by Gasteiger charge is -2.37. The molecule has 0 spiro atoms. The first kappa shape index (κ1) is 36.0. The predicted octanol–water partition coefficient (Wildman–Crippen LogP) is 15.9. The van der Waals surface area contributed by atoms with Crippen LogP contribution >= 0.6 is 0 Å². The van der Waals surface area contributed by atoms with E-state index in [1.807, 2.05) is 24.3 Å². The van der Waals surface area contributed by atoms with E-state index >= 15 is 0 Å². The predicted molar refractivity (Wildman–Crippen MR) is 256 cm³/mol. The molecule has 9 aromatic carbocycles. The van der Waals surface area contributed by atoms with Crippen LogP contribution in [0.25, 0.3) is 60.3 Å². The van der Waals surface area contributed by atoms with Crippen LogP contribution in [0.5, 0.6) is 0 Å². The summed E-state index contributed by atoms with van der Waals surface area (Å²) >= 11 is 0. The largest absolute Gasteiger partial charge is 0.333 e. The number of anilines is 5. The third-order valence-corrected chi connectivity index (χ3v) is 12.1. The van der Waals surface area contributed by atoms with Gasteiger partial charge < -0.3 is 14.4 Å². The molecule has 4 heteroatoms. The maximum Gasteiger partial charge on any atom is 0.187 e. The van der Waals surface area contributed by atoms with Crippen molar-refractivity contribution < 1.29 is 0 Å². The lowest BCUT2D eigenvalue weighted by molar-refractivity contribution is 0.704. The third kappa shape index (κ3) is 6.32. The molecule has 10 aromatic rings. The minimum Gasteiger partial charge on any atom is -0.333 e. The number of benzene rings is 9. The van der Waals surface area contributed by atoms with Crippen molar-refractivity contribution in [3.63, 3.8) is 0 Å². The number of rotatable bonds is 8. The molecular formula is C57H40N4. The van der Waals surface area contributed by atoms with E-state index in [0.717, 1.165) is 40.3 Å². The second-order valence-corrected chi connectivity index (χ2v) is 15.6. The molecule has 0 radical (unpaired) electrons. The molecule has 0 bridgehead atoms. The van der Waals surface area contributed by atoms with E-state index in [1.54, 1.807) is 0 Å². The number of hydrogen-bond donors (Lipinski definition) is 0. The topological polar surface area (TPSA) is 15.8 Å². The summed E-state index contributed by atoms with van der Waals surface area (Å²) in [5.74, 6) is 0. The quantitative estimate of drug-likeness (QED) is 0.143. The van der Waals surface area contributed by atoms with Crippen molar-refractivity contribution in [1.82, 2.24) is 4.57 Å². The third-order valence-electron chi connectivity index (χ3n) is 12.1. The average Bonchev–Trinajstić information content (AvgIpc) is 3.67. The molecule has 1 aromatic heterocycles. The lowest BCUT2D eigenvalue weighted by Crippen LogP contribution is -2.25. The monoisotopic (exact) mass is 780 g/mol. The van der Waals surface area contributed by atoms with E-state index in [2.05, 4.69) is 219 Å². The number of para-hydroxylation sites is 3. The Balaban J connectivity index is 1.02. The van der Waals surface area contributed by atoms with E-state index in [0.29, 0.717) is 5.69 Å². The zero-order chi connectivity index (χ0) is 40.7. The molecule has 0 aliphatic heterocycles. The van der Waals surface area contributed by atoms with Gasteiger partial charge in [0.2, 0.25) is 0 Å². The summed E-state index contributed by atoms with van der Waals surface area (Å²) in [5, 5.41) is 4.80. The van der Waals surface area contributed by atoms with Crippen LogP contribution in [-0.4, -0.2) is 4.57 Å². The van der Waals surface area contributed by atoms with Gasteiger partial charge in [0.1, 0.15) is 0 Å².